The number of ether oxygens (including phenoxy) is 1. The van der Waals surface area contributed by atoms with Crippen molar-refractivity contribution in [3.63, 3.8) is 0 Å². The SMILES string of the molecule is COc1cnc(F)c(C(F)(F)F)c1. The monoisotopic (exact) mass is 195 g/mol. The lowest BCUT2D eigenvalue weighted by molar-refractivity contribution is -0.140. The summed E-state index contributed by atoms with van der Waals surface area (Å²) in [4.78, 5) is 2.90. The third-order valence-corrected chi connectivity index (χ3v) is 1.36. The second kappa shape index (κ2) is 3.20. The standard InChI is InChI=1S/C7H5F4NO/c1-13-4-2-5(7(9,10)11)6(8)12-3-4/h2-3H,1H3. The molecular formula is C7H5F4NO. The van der Waals surface area contributed by atoms with Crippen molar-refractivity contribution in [2.45, 2.75) is 6.18 Å². The highest BCUT2D eigenvalue weighted by molar-refractivity contribution is 5.26. The molecule has 0 aromatic carbocycles. The zero-order valence-corrected chi connectivity index (χ0v) is 6.52. The normalized spacial score (nSPS) is 11.5. The Kier molecular flexibility index (Phi) is 2.40. The third kappa shape index (κ3) is 2.07. The molecule has 0 N–H and O–H groups in total. The Morgan fingerprint density at radius 2 is 2.00 bits per heavy atom. The van der Waals surface area contributed by atoms with Gasteiger partial charge in [-0.3, -0.25) is 0 Å². The van der Waals surface area contributed by atoms with Gasteiger partial charge in [0.15, 0.2) is 0 Å². The molecule has 1 aromatic heterocycles. The minimum absolute atomic E-state index is 0.131. The minimum atomic E-state index is -4.74. The first-order valence-electron chi connectivity index (χ1n) is 3.22. The Morgan fingerprint density at radius 3 is 2.46 bits per heavy atom. The van der Waals surface area contributed by atoms with Crippen molar-refractivity contribution in [2.75, 3.05) is 7.11 Å². The van der Waals surface area contributed by atoms with Gasteiger partial charge in [0.2, 0.25) is 5.95 Å². The summed E-state index contributed by atoms with van der Waals surface area (Å²) < 4.78 is 53.1. The van der Waals surface area contributed by atoms with Crippen molar-refractivity contribution < 1.29 is 22.3 Å². The maximum Gasteiger partial charge on any atom is 0.420 e. The van der Waals surface area contributed by atoms with Crippen molar-refractivity contribution in [2.24, 2.45) is 0 Å². The third-order valence-electron chi connectivity index (χ3n) is 1.36. The largest absolute Gasteiger partial charge is 0.495 e. The second-order valence-corrected chi connectivity index (χ2v) is 2.21. The molecule has 13 heavy (non-hydrogen) atoms. The van der Waals surface area contributed by atoms with E-state index in [1.165, 1.54) is 7.11 Å². The first kappa shape index (κ1) is 9.76. The summed E-state index contributed by atoms with van der Waals surface area (Å²) in [6, 6.07) is 0.558. The number of hydrogen-bond acceptors (Lipinski definition) is 2. The number of aromatic nitrogens is 1. The molecule has 1 heterocycles. The Bertz CT molecular complexity index is 310. The Labute approximate surface area is 71.2 Å². The molecular weight excluding hydrogens is 190 g/mol. The van der Waals surface area contributed by atoms with Crippen LogP contribution in [0.3, 0.4) is 0 Å². The van der Waals surface area contributed by atoms with E-state index in [1.807, 2.05) is 0 Å². The van der Waals surface area contributed by atoms with E-state index in [2.05, 4.69) is 9.72 Å². The van der Waals surface area contributed by atoms with Crippen molar-refractivity contribution in [1.29, 1.82) is 0 Å². The summed E-state index contributed by atoms with van der Waals surface area (Å²) in [5.41, 5.74) is -1.42. The van der Waals surface area contributed by atoms with Crippen molar-refractivity contribution in [3.8, 4) is 5.75 Å². The van der Waals surface area contributed by atoms with Gasteiger partial charge in [0, 0.05) is 0 Å². The van der Waals surface area contributed by atoms with E-state index in [9.17, 15) is 17.6 Å². The highest BCUT2D eigenvalue weighted by Gasteiger charge is 2.35. The summed E-state index contributed by atoms with van der Waals surface area (Å²) in [5, 5.41) is 0. The van der Waals surface area contributed by atoms with Gasteiger partial charge in [-0.25, -0.2) is 4.98 Å². The fourth-order valence-electron chi connectivity index (χ4n) is 0.739. The Morgan fingerprint density at radius 1 is 1.38 bits per heavy atom. The molecule has 72 valence electrons. The van der Waals surface area contributed by atoms with Crippen LogP contribution >= 0.6 is 0 Å². The summed E-state index contributed by atoms with van der Waals surface area (Å²) in [6.45, 7) is 0. The molecule has 0 aliphatic carbocycles. The van der Waals surface area contributed by atoms with Crippen LogP contribution < -0.4 is 4.74 Å². The number of hydrogen-bond donors (Lipinski definition) is 0. The summed E-state index contributed by atoms with van der Waals surface area (Å²) in [7, 11) is 1.18. The molecule has 6 heteroatoms. The molecule has 0 saturated heterocycles. The quantitative estimate of drug-likeness (QED) is 0.506. The average molecular weight is 195 g/mol. The molecule has 0 saturated carbocycles. The van der Waals surface area contributed by atoms with E-state index in [-0.39, 0.29) is 5.75 Å². The highest BCUT2D eigenvalue weighted by Crippen LogP contribution is 2.32. The van der Waals surface area contributed by atoms with Gasteiger partial charge >= 0.3 is 6.18 Å². The predicted molar refractivity (Wildman–Crippen MR) is 35.7 cm³/mol. The van der Waals surface area contributed by atoms with Crippen LogP contribution in [0.1, 0.15) is 5.56 Å². The lowest BCUT2D eigenvalue weighted by Gasteiger charge is -2.08. The van der Waals surface area contributed by atoms with Crippen LogP contribution in [-0.2, 0) is 6.18 Å². The zero-order valence-electron chi connectivity index (χ0n) is 6.52. The maximum atomic E-state index is 12.5. The molecule has 0 unspecified atom stereocenters. The van der Waals surface area contributed by atoms with E-state index in [0.717, 1.165) is 6.20 Å². The molecule has 0 amide bonds. The molecule has 0 fully saturated rings. The van der Waals surface area contributed by atoms with Crippen molar-refractivity contribution in [1.82, 2.24) is 4.98 Å². The van der Waals surface area contributed by atoms with Crippen LogP contribution in [0.4, 0.5) is 17.6 Å². The summed E-state index contributed by atoms with van der Waals surface area (Å²) in [5.74, 6) is -1.68. The molecule has 0 bridgehead atoms. The van der Waals surface area contributed by atoms with Crippen LogP contribution in [0, 0.1) is 5.95 Å². The smallest absolute Gasteiger partial charge is 0.420 e. The fourth-order valence-corrected chi connectivity index (χ4v) is 0.739. The van der Waals surface area contributed by atoms with Gasteiger partial charge in [-0.1, -0.05) is 0 Å². The molecule has 0 atom stereocenters. The van der Waals surface area contributed by atoms with Gasteiger partial charge in [0.1, 0.15) is 11.3 Å². The number of nitrogens with zero attached hydrogens (tertiary/aromatic N) is 1. The fraction of sp³-hybridized carbons (Fsp3) is 0.286. The topological polar surface area (TPSA) is 22.1 Å². The van der Waals surface area contributed by atoms with Gasteiger partial charge in [-0.2, -0.15) is 17.6 Å². The molecule has 0 spiro atoms. The Balaban J connectivity index is 3.19. The highest BCUT2D eigenvalue weighted by atomic mass is 19.4. The lowest BCUT2D eigenvalue weighted by Crippen LogP contribution is -2.09. The molecule has 1 rings (SSSR count). The number of alkyl halides is 3. The van der Waals surface area contributed by atoms with E-state index < -0.39 is 17.7 Å². The first-order valence-corrected chi connectivity index (χ1v) is 3.22. The van der Waals surface area contributed by atoms with Crippen LogP contribution in [0.15, 0.2) is 12.3 Å². The van der Waals surface area contributed by atoms with E-state index in [1.54, 1.807) is 0 Å². The van der Waals surface area contributed by atoms with Gasteiger partial charge in [0.05, 0.1) is 13.3 Å². The molecule has 0 aliphatic heterocycles. The first-order chi connectivity index (χ1) is 5.95. The predicted octanol–water partition coefficient (Wildman–Crippen LogP) is 2.25. The van der Waals surface area contributed by atoms with Gasteiger partial charge in [0.25, 0.3) is 0 Å². The summed E-state index contributed by atoms with van der Waals surface area (Å²) >= 11 is 0. The number of pyridine rings is 1. The van der Waals surface area contributed by atoms with Gasteiger partial charge in [-0.15, -0.1) is 0 Å². The average Bonchev–Trinajstić information content (AvgIpc) is 2.03. The van der Waals surface area contributed by atoms with Crippen LogP contribution in [0.25, 0.3) is 0 Å². The number of halogens is 4. The second-order valence-electron chi connectivity index (χ2n) is 2.21. The number of rotatable bonds is 1. The van der Waals surface area contributed by atoms with Gasteiger partial charge in [-0.05, 0) is 6.07 Å². The molecule has 1 aromatic rings. The number of methoxy groups -OCH3 is 1. The molecule has 0 radical (unpaired) electrons. The van der Waals surface area contributed by atoms with Crippen molar-refractivity contribution in [3.05, 3.63) is 23.8 Å². The van der Waals surface area contributed by atoms with Crippen LogP contribution in [-0.4, -0.2) is 12.1 Å². The van der Waals surface area contributed by atoms with Crippen LogP contribution in [0.5, 0.6) is 5.75 Å². The van der Waals surface area contributed by atoms with Crippen LogP contribution in [0.2, 0.25) is 0 Å². The van der Waals surface area contributed by atoms with E-state index in [0.29, 0.717) is 6.07 Å². The molecule has 2 nitrogen and oxygen atoms in total. The zero-order chi connectivity index (χ0) is 10.1. The minimum Gasteiger partial charge on any atom is -0.495 e. The molecule has 0 aliphatic rings. The van der Waals surface area contributed by atoms with E-state index >= 15 is 0 Å². The van der Waals surface area contributed by atoms with Gasteiger partial charge < -0.3 is 4.74 Å². The lowest BCUT2D eigenvalue weighted by atomic mass is 10.2. The van der Waals surface area contributed by atoms with Crippen molar-refractivity contribution >= 4 is 0 Å². The Hall–Kier alpha value is -1.33. The van der Waals surface area contributed by atoms with E-state index in [4.69, 9.17) is 0 Å². The summed E-state index contributed by atoms with van der Waals surface area (Å²) in [6.07, 6.45) is -3.86. The maximum absolute atomic E-state index is 12.5.